The molecule has 126 valence electrons. The van der Waals surface area contributed by atoms with E-state index in [9.17, 15) is 19.2 Å². The van der Waals surface area contributed by atoms with E-state index in [2.05, 4.69) is 9.47 Å². The first-order valence-corrected chi connectivity index (χ1v) is 7.32. The minimum absolute atomic E-state index is 0.0489. The molecule has 0 heterocycles. The van der Waals surface area contributed by atoms with Crippen LogP contribution >= 0.6 is 23.2 Å². The van der Waals surface area contributed by atoms with Gasteiger partial charge in [-0.05, 0) is 13.8 Å². The quantitative estimate of drug-likeness (QED) is 0.331. The summed E-state index contributed by atoms with van der Waals surface area (Å²) in [5.41, 5.74) is 0. The Hall–Kier alpha value is -1.54. The van der Waals surface area contributed by atoms with Crippen LogP contribution in [0.4, 0.5) is 0 Å². The molecule has 0 bridgehead atoms. The third kappa shape index (κ3) is 6.95. The molecule has 2 atom stereocenters. The second-order valence-corrected chi connectivity index (χ2v) is 4.13. The maximum atomic E-state index is 11.8. The van der Waals surface area contributed by atoms with Gasteiger partial charge in [-0.2, -0.15) is 0 Å². The van der Waals surface area contributed by atoms with Crippen molar-refractivity contribution in [1.29, 1.82) is 0 Å². The molecule has 0 N–H and O–H groups in total. The van der Waals surface area contributed by atoms with E-state index < -0.39 is 47.8 Å². The third-order valence-electron chi connectivity index (χ3n) is 2.05. The average Bonchev–Trinajstić information content (AvgIpc) is 2.50. The van der Waals surface area contributed by atoms with Crippen LogP contribution < -0.4 is 0 Å². The second kappa shape index (κ2) is 11.1. The van der Waals surface area contributed by atoms with Crippen molar-refractivity contribution in [2.24, 2.45) is 0 Å². The summed E-state index contributed by atoms with van der Waals surface area (Å²) in [5.74, 6) is -5.32. The normalized spacial score (nSPS) is 12.7. The lowest BCUT2D eigenvalue weighted by molar-refractivity contribution is -0.190. The van der Waals surface area contributed by atoms with E-state index in [-0.39, 0.29) is 13.2 Å². The van der Waals surface area contributed by atoms with Gasteiger partial charge in [-0.25, -0.2) is 9.59 Å². The molecule has 0 aliphatic carbocycles. The largest absolute Gasteiger partial charge is 0.463 e. The highest BCUT2D eigenvalue weighted by atomic mass is 35.5. The van der Waals surface area contributed by atoms with Gasteiger partial charge < -0.3 is 18.9 Å². The number of carbonyl (C=O) groups excluding carboxylic acids is 4. The fraction of sp³-hybridized carbons (Fsp3) is 0.667. The molecule has 10 heteroatoms. The van der Waals surface area contributed by atoms with Gasteiger partial charge in [-0.15, -0.1) is 23.2 Å². The average molecular weight is 359 g/mol. The number of hydrogen-bond donors (Lipinski definition) is 0. The fourth-order valence-corrected chi connectivity index (χ4v) is 1.39. The monoisotopic (exact) mass is 358 g/mol. The number of ether oxygens (including phenoxy) is 4. The molecule has 0 saturated carbocycles. The number of esters is 4. The predicted molar refractivity (Wildman–Crippen MR) is 74.5 cm³/mol. The zero-order valence-electron chi connectivity index (χ0n) is 12.0. The summed E-state index contributed by atoms with van der Waals surface area (Å²) in [4.78, 5) is 46.3. The van der Waals surface area contributed by atoms with Gasteiger partial charge in [0, 0.05) is 0 Å². The van der Waals surface area contributed by atoms with Gasteiger partial charge in [0.05, 0.1) is 13.2 Å². The Morgan fingerprint density at radius 3 is 1.32 bits per heavy atom. The first-order chi connectivity index (χ1) is 10.4. The van der Waals surface area contributed by atoms with Crippen LogP contribution in [0, 0.1) is 0 Å². The van der Waals surface area contributed by atoms with Crippen molar-refractivity contribution < 1.29 is 38.1 Å². The lowest BCUT2D eigenvalue weighted by Gasteiger charge is -2.23. The van der Waals surface area contributed by atoms with Gasteiger partial charge in [-0.1, -0.05) is 0 Å². The van der Waals surface area contributed by atoms with E-state index in [1.165, 1.54) is 13.8 Å². The Morgan fingerprint density at radius 2 is 1.09 bits per heavy atom. The summed E-state index contributed by atoms with van der Waals surface area (Å²) in [7, 11) is 0. The molecule has 0 aliphatic heterocycles. The summed E-state index contributed by atoms with van der Waals surface area (Å²) in [6.07, 6.45) is -3.67. The lowest BCUT2D eigenvalue weighted by atomic mass is 10.2. The Bertz CT molecular complexity index is 374. The summed E-state index contributed by atoms with van der Waals surface area (Å²) < 4.78 is 18.8. The van der Waals surface area contributed by atoms with E-state index in [0.29, 0.717) is 0 Å². The summed E-state index contributed by atoms with van der Waals surface area (Å²) in [6, 6.07) is 0. The fourth-order valence-electron chi connectivity index (χ4n) is 1.26. The van der Waals surface area contributed by atoms with Gasteiger partial charge >= 0.3 is 23.9 Å². The minimum atomic E-state index is -1.84. The number of alkyl halides is 2. The molecular formula is C12H16Cl2O8. The number of halogens is 2. The summed E-state index contributed by atoms with van der Waals surface area (Å²) in [6.45, 7) is 2.91. The van der Waals surface area contributed by atoms with Gasteiger partial charge in [-0.3, -0.25) is 9.59 Å². The molecule has 0 fully saturated rings. The first-order valence-electron chi connectivity index (χ1n) is 6.25. The Kier molecular flexibility index (Phi) is 10.3. The zero-order chi connectivity index (χ0) is 17.1. The predicted octanol–water partition coefficient (Wildman–Crippen LogP) is 0.414. The Balaban J connectivity index is 5.38. The molecular weight excluding hydrogens is 343 g/mol. The zero-order valence-corrected chi connectivity index (χ0v) is 13.5. The number of hydrogen-bond acceptors (Lipinski definition) is 8. The van der Waals surface area contributed by atoms with Crippen LogP contribution in [0.15, 0.2) is 0 Å². The van der Waals surface area contributed by atoms with Crippen LogP contribution in [0.5, 0.6) is 0 Å². The third-order valence-corrected chi connectivity index (χ3v) is 2.48. The molecule has 0 aromatic heterocycles. The van der Waals surface area contributed by atoms with E-state index in [1.54, 1.807) is 0 Å². The molecule has 0 spiro atoms. The highest BCUT2D eigenvalue weighted by Crippen LogP contribution is 2.11. The molecule has 8 nitrogen and oxygen atoms in total. The topological polar surface area (TPSA) is 105 Å². The van der Waals surface area contributed by atoms with Gasteiger partial charge in [0.15, 0.2) is 0 Å². The molecule has 0 radical (unpaired) electrons. The Labute approximate surface area is 136 Å². The van der Waals surface area contributed by atoms with Crippen molar-refractivity contribution in [2.45, 2.75) is 26.1 Å². The molecule has 0 aliphatic rings. The minimum Gasteiger partial charge on any atom is -0.463 e. The maximum Gasteiger partial charge on any atom is 0.352 e. The van der Waals surface area contributed by atoms with Crippen LogP contribution in [-0.2, 0) is 38.1 Å². The van der Waals surface area contributed by atoms with Gasteiger partial charge in [0.1, 0.15) is 11.8 Å². The molecule has 0 saturated heterocycles. The standard InChI is InChI=1S/C12H16Cl2O8/c1-3-19-11(17)9(21-7(15)5-13)10(12(18)20-4-2)22-8(16)6-14/h9-10H,3-6H2,1-2H3/t9-,10-/m0/s1. The van der Waals surface area contributed by atoms with Crippen molar-refractivity contribution >= 4 is 47.1 Å². The van der Waals surface area contributed by atoms with E-state index in [0.717, 1.165) is 0 Å². The van der Waals surface area contributed by atoms with Crippen LogP contribution in [0.3, 0.4) is 0 Å². The van der Waals surface area contributed by atoms with Gasteiger partial charge in [0.25, 0.3) is 0 Å². The molecule has 22 heavy (non-hydrogen) atoms. The van der Waals surface area contributed by atoms with Crippen molar-refractivity contribution in [1.82, 2.24) is 0 Å². The Morgan fingerprint density at radius 1 is 0.773 bits per heavy atom. The van der Waals surface area contributed by atoms with Crippen LogP contribution in [0.25, 0.3) is 0 Å². The number of carbonyl (C=O) groups is 4. The lowest BCUT2D eigenvalue weighted by Crippen LogP contribution is -2.47. The SMILES string of the molecule is CCOC(=O)[C@@H](OC(=O)CCl)[C@H](OC(=O)CCl)C(=O)OCC. The van der Waals surface area contributed by atoms with Crippen molar-refractivity contribution in [3.05, 3.63) is 0 Å². The van der Waals surface area contributed by atoms with Crippen LogP contribution in [0.1, 0.15) is 13.8 Å². The molecule has 0 aromatic carbocycles. The molecule has 0 unspecified atom stereocenters. The van der Waals surface area contributed by atoms with Gasteiger partial charge in [0.2, 0.25) is 12.2 Å². The second-order valence-electron chi connectivity index (χ2n) is 3.59. The van der Waals surface area contributed by atoms with E-state index in [4.69, 9.17) is 32.7 Å². The first kappa shape index (κ1) is 20.5. The van der Waals surface area contributed by atoms with Crippen LogP contribution in [-0.4, -0.2) is 61.1 Å². The van der Waals surface area contributed by atoms with Crippen LogP contribution in [0.2, 0.25) is 0 Å². The highest BCUT2D eigenvalue weighted by molar-refractivity contribution is 6.26. The van der Waals surface area contributed by atoms with E-state index in [1.807, 2.05) is 0 Å². The summed E-state index contributed by atoms with van der Waals surface area (Å²) >= 11 is 10.6. The molecule has 0 aromatic rings. The smallest absolute Gasteiger partial charge is 0.352 e. The maximum absolute atomic E-state index is 11.8. The highest BCUT2D eigenvalue weighted by Gasteiger charge is 2.42. The molecule has 0 amide bonds. The van der Waals surface area contributed by atoms with Crippen molar-refractivity contribution in [2.75, 3.05) is 25.0 Å². The summed E-state index contributed by atoms with van der Waals surface area (Å²) in [5, 5.41) is 0. The van der Waals surface area contributed by atoms with Crippen molar-refractivity contribution in [3.63, 3.8) is 0 Å². The van der Waals surface area contributed by atoms with Crippen molar-refractivity contribution in [3.8, 4) is 0 Å². The number of rotatable bonds is 9. The molecule has 0 rings (SSSR count). The van der Waals surface area contributed by atoms with E-state index >= 15 is 0 Å².